The molecule has 0 unspecified atom stereocenters. The Balaban J connectivity index is 4.05. The van der Waals surface area contributed by atoms with Gasteiger partial charge in [0.25, 0.3) is 0 Å². The van der Waals surface area contributed by atoms with E-state index in [0.717, 1.165) is 25.7 Å². The summed E-state index contributed by atoms with van der Waals surface area (Å²) in [6.45, 7) is 7.64. The molecule has 0 spiro atoms. The Morgan fingerprint density at radius 1 is 0.528 bits per heavy atom. The summed E-state index contributed by atoms with van der Waals surface area (Å²) in [7, 11) is -3.16. The summed E-state index contributed by atoms with van der Waals surface area (Å²) in [6, 6.07) is 0. The van der Waals surface area contributed by atoms with Gasteiger partial charge in [-0.25, -0.2) is 0 Å². The summed E-state index contributed by atoms with van der Waals surface area (Å²) in [5, 5.41) is 0. The molecule has 0 radical (unpaired) electrons. The third-order valence-corrected chi connectivity index (χ3v) is 8.71. The van der Waals surface area contributed by atoms with Crippen LogP contribution in [-0.2, 0) is 23.1 Å². The van der Waals surface area contributed by atoms with Crippen LogP contribution < -0.4 is 0 Å². The van der Waals surface area contributed by atoms with Crippen LogP contribution in [0.1, 0.15) is 162 Å². The van der Waals surface area contributed by atoms with Gasteiger partial charge in [-0.05, 0) is 26.2 Å². The average molecular weight is 533 g/mol. The molecule has 0 aliphatic carbocycles. The summed E-state index contributed by atoms with van der Waals surface area (Å²) in [5.41, 5.74) is 0. The van der Waals surface area contributed by atoms with Gasteiger partial charge in [-0.2, -0.15) is 0 Å². The molecule has 0 heterocycles. The molecule has 6 heteroatoms. The van der Waals surface area contributed by atoms with Gasteiger partial charge in [0.15, 0.2) is 0 Å². The highest BCUT2D eigenvalue weighted by Gasteiger charge is 2.24. The molecule has 0 aromatic rings. The highest BCUT2D eigenvalue weighted by Crippen LogP contribution is 2.49. The molecule has 0 saturated heterocycles. The topological polar surface area (TPSA) is 61.8 Å². The highest BCUT2D eigenvalue weighted by atomic mass is 31.2. The van der Waals surface area contributed by atoms with Crippen LogP contribution in [0.15, 0.2) is 0 Å². The van der Waals surface area contributed by atoms with Crippen molar-refractivity contribution in [3.8, 4) is 0 Å². The summed E-state index contributed by atoms with van der Waals surface area (Å²) in [4.78, 5) is 11.7. The number of ether oxygens (including phenoxy) is 1. The Morgan fingerprint density at radius 3 is 1.25 bits per heavy atom. The van der Waals surface area contributed by atoms with Crippen LogP contribution in [-0.4, -0.2) is 32.0 Å². The largest absolute Gasteiger partial charge is 0.466 e. The molecular formula is C30H61O5P. The normalized spacial score (nSPS) is 11.8. The van der Waals surface area contributed by atoms with E-state index in [1.165, 1.54) is 103 Å². The molecule has 0 N–H and O–H groups in total. The van der Waals surface area contributed by atoms with Crippen LogP contribution in [0, 0.1) is 0 Å². The second-order valence-electron chi connectivity index (χ2n) is 10.3. The van der Waals surface area contributed by atoms with Crippen molar-refractivity contribution in [2.24, 2.45) is 0 Å². The second kappa shape index (κ2) is 27.6. The first-order valence-corrected chi connectivity index (χ1v) is 17.3. The molecule has 0 atom stereocenters. The third-order valence-electron chi connectivity index (χ3n) is 6.69. The first-order valence-electron chi connectivity index (χ1n) is 15.6. The fourth-order valence-corrected chi connectivity index (χ4v) is 6.10. The predicted octanol–water partition coefficient (Wildman–Crippen LogP) is 10.4. The Hall–Kier alpha value is -0.380. The number of esters is 1. The summed E-state index contributed by atoms with van der Waals surface area (Å²) in [6.07, 6.45) is 26.2. The molecule has 0 amide bonds. The molecule has 0 fully saturated rings. The lowest BCUT2D eigenvalue weighted by atomic mass is 10.1. The summed E-state index contributed by atoms with van der Waals surface area (Å²) in [5.74, 6) is -0.242. The van der Waals surface area contributed by atoms with Crippen molar-refractivity contribution in [2.45, 2.75) is 162 Å². The fraction of sp³-hybridized carbons (Fsp3) is 0.967. The van der Waals surface area contributed by atoms with Crippen molar-refractivity contribution in [2.75, 3.05) is 26.0 Å². The molecule has 36 heavy (non-hydrogen) atoms. The number of unbranched alkanes of at least 4 members (excludes halogenated alkanes) is 18. The zero-order chi connectivity index (χ0) is 26.6. The Labute approximate surface area is 224 Å². The van der Waals surface area contributed by atoms with Crippen molar-refractivity contribution in [3.05, 3.63) is 0 Å². The smallest absolute Gasteiger partial charge is 0.330 e. The lowest BCUT2D eigenvalue weighted by molar-refractivity contribution is -0.143. The highest BCUT2D eigenvalue weighted by molar-refractivity contribution is 7.53. The predicted molar refractivity (Wildman–Crippen MR) is 154 cm³/mol. The van der Waals surface area contributed by atoms with E-state index in [-0.39, 0.29) is 12.4 Å². The van der Waals surface area contributed by atoms with Gasteiger partial charge in [0.05, 0.1) is 26.0 Å². The lowest BCUT2D eigenvalue weighted by Crippen LogP contribution is -2.07. The maximum absolute atomic E-state index is 13.3. The van der Waals surface area contributed by atoms with Gasteiger partial charge in [0, 0.05) is 6.42 Å². The van der Waals surface area contributed by atoms with E-state index >= 15 is 0 Å². The van der Waals surface area contributed by atoms with E-state index in [1.54, 1.807) is 6.92 Å². The number of hydrogen-bond acceptors (Lipinski definition) is 5. The van der Waals surface area contributed by atoms with Crippen molar-refractivity contribution in [1.29, 1.82) is 0 Å². The lowest BCUT2D eigenvalue weighted by Gasteiger charge is -2.18. The first-order chi connectivity index (χ1) is 17.6. The van der Waals surface area contributed by atoms with E-state index in [4.69, 9.17) is 13.8 Å². The van der Waals surface area contributed by atoms with Gasteiger partial charge >= 0.3 is 13.6 Å². The van der Waals surface area contributed by atoms with E-state index in [0.29, 0.717) is 32.4 Å². The quantitative estimate of drug-likeness (QED) is 0.0544. The molecule has 0 rings (SSSR count). The minimum Gasteiger partial charge on any atom is -0.466 e. The standard InChI is InChI=1S/C30H61O5P/c1-4-7-9-11-13-15-17-19-21-23-27-34-36(32,29-25-26-30(31)33-6-3)35-28-24-22-20-18-16-14-12-10-8-5-2/h4-29H2,1-3H3. The monoisotopic (exact) mass is 532 g/mol. The van der Waals surface area contributed by atoms with E-state index < -0.39 is 7.60 Å². The van der Waals surface area contributed by atoms with Crippen LogP contribution in [0.25, 0.3) is 0 Å². The number of carbonyl (C=O) groups is 1. The maximum atomic E-state index is 13.3. The van der Waals surface area contributed by atoms with Gasteiger partial charge in [-0.15, -0.1) is 0 Å². The van der Waals surface area contributed by atoms with E-state index in [9.17, 15) is 9.36 Å². The SMILES string of the molecule is CCCCCCCCCCCCOP(=O)(CCCC(=O)OCC)OCCCCCCCCCCCC. The number of hydrogen-bond donors (Lipinski definition) is 0. The van der Waals surface area contributed by atoms with Crippen molar-refractivity contribution in [1.82, 2.24) is 0 Å². The van der Waals surface area contributed by atoms with Crippen LogP contribution in [0.3, 0.4) is 0 Å². The minimum absolute atomic E-state index is 0.242. The summed E-state index contributed by atoms with van der Waals surface area (Å²) >= 11 is 0. The van der Waals surface area contributed by atoms with Gasteiger partial charge in [-0.1, -0.05) is 129 Å². The zero-order valence-electron chi connectivity index (χ0n) is 24.4. The molecule has 0 saturated carbocycles. The Kier molecular flexibility index (Phi) is 27.4. The van der Waals surface area contributed by atoms with Gasteiger partial charge in [0.2, 0.25) is 0 Å². The van der Waals surface area contributed by atoms with Crippen LogP contribution in [0.4, 0.5) is 0 Å². The minimum atomic E-state index is -3.16. The Bertz CT molecular complexity index is 482. The van der Waals surface area contributed by atoms with Crippen LogP contribution in [0.5, 0.6) is 0 Å². The molecule has 0 aromatic carbocycles. The number of carbonyl (C=O) groups excluding carboxylic acids is 1. The van der Waals surface area contributed by atoms with E-state index in [1.807, 2.05) is 0 Å². The van der Waals surface area contributed by atoms with Crippen molar-refractivity contribution in [3.63, 3.8) is 0 Å². The molecule has 216 valence electrons. The molecule has 5 nitrogen and oxygen atoms in total. The third kappa shape index (κ3) is 25.3. The van der Waals surface area contributed by atoms with Crippen LogP contribution >= 0.6 is 7.60 Å². The first kappa shape index (κ1) is 35.6. The molecule has 0 aromatic heterocycles. The average Bonchev–Trinajstić information content (AvgIpc) is 2.86. The fourth-order valence-electron chi connectivity index (χ4n) is 4.40. The zero-order valence-corrected chi connectivity index (χ0v) is 25.3. The summed E-state index contributed by atoms with van der Waals surface area (Å²) < 4.78 is 29.9. The van der Waals surface area contributed by atoms with Crippen molar-refractivity contribution < 1.29 is 23.1 Å². The van der Waals surface area contributed by atoms with E-state index in [2.05, 4.69) is 13.8 Å². The molecule has 0 aliphatic heterocycles. The molecule has 0 bridgehead atoms. The van der Waals surface area contributed by atoms with Gasteiger partial charge in [-0.3, -0.25) is 9.36 Å². The molecular weight excluding hydrogens is 471 g/mol. The number of rotatable bonds is 29. The van der Waals surface area contributed by atoms with Gasteiger partial charge < -0.3 is 13.8 Å². The van der Waals surface area contributed by atoms with Gasteiger partial charge in [0.1, 0.15) is 0 Å². The van der Waals surface area contributed by atoms with Crippen LogP contribution in [0.2, 0.25) is 0 Å². The molecule has 0 aliphatic rings. The van der Waals surface area contributed by atoms with Crippen molar-refractivity contribution >= 4 is 13.6 Å². The Morgan fingerprint density at radius 2 is 0.889 bits per heavy atom. The second-order valence-corrected chi connectivity index (χ2v) is 12.5. The maximum Gasteiger partial charge on any atom is 0.330 e.